The summed E-state index contributed by atoms with van der Waals surface area (Å²) in [5, 5.41) is 4.97. The summed E-state index contributed by atoms with van der Waals surface area (Å²) in [6, 6.07) is 27.8. The molecule has 0 N–H and O–H groups in total. The van der Waals surface area contributed by atoms with Gasteiger partial charge in [-0.15, -0.1) is 22.7 Å². The Morgan fingerprint density at radius 3 is 2.08 bits per heavy atom. The van der Waals surface area contributed by atoms with E-state index in [0.717, 1.165) is 48.1 Å². The van der Waals surface area contributed by atoms with Crippen molar-refractivity contribution in [2.45, 2.75) is 0 Å². The largest absolute Gasteiger partial charge is 0.371 e. The molecule has 9 heteroatoms. The van der Waals surface area contributed by atoms with Gasteiger partial charge in [0, 0.05) is 26.6 Å². The average Bonchev–Trinajstić information content (AvgIpc) is 3.60. The fourth-order valence-corrected chi connectivity index (χ4v) is 7.63. The summed E-state index contributed by atoms with van der Waals surface area (Å²) < 4.78 is 30.7. The highest BCUT2D eigenvalue weighted by Gasteiger charge is 2.26. The van der Waals surface area contributed by atoms with E-state index in [2.05, 4.69) is 0 Å². The molecule has 0 radical (unpaired) electrons. The summed E-state index contributed by atoms with van der Waals surface area (Å²) in [6.07, 6.45) is 1.06. The Hall–Kier alpha value is -3.37. The van der Waals surface area contributed by atoms with Crippen molar-refractivity contribution in [1.82, 2.24) is 9.97 Å². The van der Waals surface area contributed by atoms with Gasteiger partial charge in [0.05, 0.1) is 28.1 Å². The molecule has 36 heavy (non-hydrogen) atoms. The number of thiazole rings is 2. The molecule has 0 saturated heterocycles. The van der Waals surface area contributed by atoms with Gasteiger partial charge in [0.25, 0.3) is 0 Å². The Labute approximate surface area is 220 Å². The Balaban J connectivity index is 1.60. The third-order valence-electron chi connectivity index (χ3n) is 5.43. The Bertz CT molecular complexity index is 1790. The number of benzene rings is 3. The maximum Gasteiger partial charge on any atom is 0.307 e. The van der Waals surface area contributed by atoms with Gasteiger partial charge in [0.15, 0.2) is 0 Å². The average molecular weight is 547 g/mol. The molecule has 3 aromatic heterocycles. The molecule has 0 bridgehead atoms. The van der Waals surface area contributed by atoms with E-state index in [4.69, 9.17) is 14.2 Å². The van der Waals surface area contributed by atoms with E-state index >= 15 is 0 Å². The first kappa shape index (κ1) is 23.1. The lowest BCUT2D eigenvalue weighted by Crippen LogP contribution is -2.05. The predicted molar refractivity (Wildman–Crippen MR) is 150 cm³/mol. The van der Waals surface area contributed by atoms with Crippen molar-refractivity contribution in [3.05, 3.63) is 90.3 Å². The van der Waals surface area contributed by atoms with Gasteiger partial charge >= 0.3 is 10.1 Å². The molecule has 0 atom stereocenters. The van der Waals surface area contributed by atoms with Crippen molar-refractivity contribution >= 4 is 54.2 Å². The van der Waals surface area contributed by atoms with Gasteiger partial charge in [-0.1, -0.05) is 90.2 Å². The lowest BCUT2D eigenvalue weighted by molar-refractivity contribution is 0.500. The van der Waals surface area contributed by atoms with Crippen LogP contribution in [-0.4, -0.2) is 24.6 Å². The predicted octanol–water partition coefficient (Wildman–Crippen LogP) is 7.82. The highest BCUT2D eigenvalue weighted by Crippen LogP contribution is 2.50. The minimum atomic E-state index is -3.74. The zero-order valence-electron chi connectivity index (χ0n) is 18.9. The quantitative estimate of drug-likeness (QED) is 0.199. The molecule has 6 rings (SSSR count). The van der Waals surface area contributed by atoms with Crippen molar-refractivity contribution in [2.24, 2.45) is 0 Å². The van der Waals surface area contributed by atoms with Crippen LogP contribution in [0.2, 0.25) is 0 Å². The first-order chi connectivity index (χ1) is 17.5. The molecule has 3 aromatic carbocycles. The standard InChI is InChI=1S/C27H18N2O3S4/c1-36(30,31)32-27-22(19-14-8-9-15-21(19)34-27)23-24(35-26(29-23)18-12-6-3-7-13-18)20-16-33-25(28-20)17-10-4-2-5-11-17/h2-16H,1H3. The van der Waals surface area contributed by atoms with Crippen LogP contribution in [0.5, 0.6) is 5.06 Å². The monoisotopic (exact) mass is 546 g/mol. The first-order valence-electron chi connectivity index (χ1n) is 11.0. The van der Waals surface area contributed by atoms with Crippen LogP contribution in [0.25, 0.3) is 53.1 Å². The first-order valence-corrected chi connectivity index (χ1v) is 15.3. The zero-order valence-corrected chi connectivity index (χ0v) is 22.2. The molecule has 0 aliphatic rings. The molecular formula is C27H18N2O3S4. The number of hydrogen-bond donors (Lipinski definition) is 0. The number of rotatable bonds is 6. The van der Waals surface area contributed by atoms with E-state index in [-0.39, 0.29) is 0 Å². The van der Waals surface area contributed by atoms with Crippen LogP contribution in [0.15, 0.2) is 90.3 Å². The number of aromatic nitrogens is 2. The molecule has 0 aliphatic heterocycles. The highest BCUT2D eigenvalue weighted by molar-refractivity contribution is 7.86. The molecule has 0 fully saturated rings. The molecule has 6 aromatic rings. The van der Waals surface area contributed by atoms with Gasteiger partial charge in [0.1, 0.15) is 10.0 Å². The topological polar surface area (TPSA) is 69.2 Å². The van der Waals surface area contributed by atoms with E-state index in [0.29, 0.717) is 16.3 Å². The second-order valence-corrected chi connectivity index (χ2v) is 12.5. The maximum atomic E-state index is 12.2. The minimum absolute atomic E-state index is 0.309. The Kier molecular flexibility index (Phi) is 5.93. The SMILES string of the molecule is CS(=O)(=O)Oc1sc2ccccc2c1-c1nc(-c2ccccc2)sc1-c1csc(-c2ccccc2)n1. The van der Waals surface area contributed by atoms with Crippen LogP contribution in [-0.2, 0) is 10.1 Å². The lowest BCUT2D eigenvalue weighted by Gasteiger charge is -2.05. The molecule has 0 amide bonds. The van der Waals surface area contributed by atoms with E-state index in [1.165, 1.54) is 11.3 Å². The lowest BCUT2D eigenvalue weighted by atomic mass is 10.1. The van der Waals surface area contributed by atoms with E-state index < -0.39 is 10.1 Å². The van der Waals surface area contributed by atoms with Crippen molar-refractivity contribution in [2.75, 3.05) is 6.26 Å². The van der Waals surface area contributed by atoms with Crippen molar-refractivity contribution in [3.63, 3.8) is 0 Å². The maximum absolute atomic E-state index is 12.2. The van der Waals surface area contributed by atoms with E-state index in [1.807, 2.05) is 90.3 Å². The third-order valence-corrected chi connectivity index (χ3v) is 9.07. The summed E-state index contributed by atoms with van der Waals surface area (Å²) in [5.74, 6) is 0. The van der Waals surface area contributed by atoms with Crippen LogP contribution < -0.4 is 4.18 Å². The smallest absolute Gasteiger partial charge is 0.307 e. The second-order valence-electron chi connectivity index (χ2n) is 8.01. The number of thiophene rings is 1. The van der Waals surface area contributed by atoms with Gasteiger partial charge in [-0.05, 0) is 6.07 Å². The molecule has 0 unspecified atom stereocenters. The van der Waals surface area contributed by atoms with Crippen LogP contribution in [0.4, 0.5) is 0 Å². The molecule has 178 valence electrons. The number of nitrogens with zero attached hydrogens (tertiary/aromatic N) is 2. The summed E-state index contributed by atoms with van der Waals surface area (Å²) in [5.41, 5.74) is 4.17. The molecule has 3 heterocycles. The van der Waals surface area contributed by atoms with Crippen molar-refractivity contribution in [3.8, 4) is 48.0 Å². The van der Waals surface area contributed by atoms with Gasteiger partial charge < -0.3 is 4.18 Å². The van der Waals surface area contributed by atoms with E-state index in [9.17, 15) is 8.42 Å². The van der Waals surface area contributed by atoms with Crippen LogP contribution in [0.3, 0.4) is 0 Å². The normalized spacial score (nSPS) is 11.7. The van der Waals surface area contributed by atoms with Gasteiger partial charge in [0.2, 0.25) is 5.06 Å². The summed E-state index contributed by atoms with van der Waals surface area (Å²) >= 11 is 4.41. The zero-order chi connectivity index (χ0) is 24.7. The Morgan fingerprint density at radius 2 is 1.39 bits per heavy atom. The fourth-order valence-electron chi connectivity index (χ4n) is 3.90. The van der Waals surface area contributed by atoms with Crippen LogP contribution in [0.1, 0.15) is 0 Å². The van der Waals surface area contributed by atoms with E-state index in [1.54, 1.807) is 22.7 Å². The van der Waals surface area contributed by atoms with Crippen LogP contribution in [0, 0.1) is 0 Å². The van der Waals surface area contributed by atoms with Crippen molar-refractivity contribution < 1.29 is 12.6 Å². The van der Waals surface area contributed by atoms with Gasteiger partial charge in [-0.2, -0.15) is 8.42 Å². The highest BCUT2D eigenvalue weighted by atomic mass is 32.2. The van der Waals surface area contributed by atoms with Gasteiger partial charge in [-0.3, -0.25) is 0 Å². The Morgan fingerprint density at radius 1 is 0.750 bits per heavy atom. The second kappa shape index (κ2) is 9.25. The van der Waals surface area contributed by atoms with Crippen molar-refractivity contribution in [1.29, 1.82) is 0 Å². The molecule has 0 aliphatic carbocycles. The molecule has 0 saturated carbocycles. The molecule has 0 spiro atoms. The molecular weight excluding hydrogens is 529 g/mol. The summed E-state index contributed by atoms with van der Waals surface area (Å²) in [7, 11) is -3.74. The van der Waals surface area contributed by atoms with Gasteiger partial charge in [-0.25, -0.2) is 9.97 Å². The summed E-state index contributed by atoms with van der Waals surface area (Å²) in [6.45, 7) is 0. The minimum Gasteiger partial charge on any atom is -0.371 e. The molecule has 5 nitrogen and oxygen atoms in total. The number of hydrogen-bond acceptors (Lipinski definition) is 8. The number of fused-ring (bicyclic) bond motifs is 1. The fraction of sp³-hybridized carbons (Fsp3) is 0.0370. The van der Waals surface area contributed by atoms with Crippen LogP contribution >= 0.6 is 34.0 Å². The summed E-state index contributed by atoms with van der Waals surface area (Å²) in [4.78, 5) is 10.9. The third kappa shape index (κ3) is 4.46.